The molecule has 6 heteroatoms. The number of amides is 3. The average molecular weight is 341 g/mol. The Kier molecular flexibility index (Phi) is 5.28. The molecular formula is C19H20FN3O2. The van der Waals surface area contributed by atoms with Gasteiger partial charge in [0, 0.05) is 18.8 Å². The van der Waals surface area contributed by atoms with Crippen LogP contribution >= 0.6 is 0 Å². The van der Waals surface area contributed by atoms with E-state index in [1.807, 2.05) is 12.1 Å². The molecule has 2 N–H and O–H groups in total. The molecule has 1 saturated heterocycles. The molecule has 0 spiro atoms. The molecule has 3 rings (SSSR count). The number of nitrogens with zero attached hydrogens (tertiary/aromatic N) is 1. The van der Waals surface area contributed by atoms with Crippen LogP contribution in [0.4, 0.5) is 20.6 Å². The van der Waals surface area contributed by atoms with E-state index in [4.69, 9.17) is 0 Å². The number of hydrogen-bond donors (Lipinski definition) is 2. The van der Waals surface area contributed by atoms with E-state index < -0.39 is 17.8 Å². The van der Waals surface area contributed by atoms with Crippen molar-refractivity contribution in [3.8, 4) is 0 Å². The van der Waals surface area contributed by atoms with E-state index in [0.717, 1.165) is 31.6 Å². The fourth-order valence-electron chi connectivity index (χ4n) is 2.96. The molecule has 0 aromatic heterocycles. The van der Waals surface area contributed by atoms with Crippen LogP contribution in [0.3, 0.4) is 0 Å². The van der Waals surface area contributed by atoms with Crippen LogP contribution in [0.5, 0.6) is 0 Å². The van der Waals surface area contributed by atoms with Crippen molar-refractivity contribution < 1.29 is 14.0 Å². The molecule has 0 unspecified atom stereocenters. The van der Waals surface area contributed by atoms with Crippen molar-refractivity contribution in [2.75, 3.05) is 23.3 Å². The van der Waals surface area contributed by atoms with Gasteiger partial charge in [0.05, 0.1) is 11.3 Å². The zero-order valence-electron chi connectivity index (χ0n) is 13.8. The molecule has 25 heavy (non-hydrogen) atoms. The highest BCUT2D eigenvalue weighted by Crippen LogP contribution is 2.24. The molecule has 0 atom stereocenters. The topological polar surface area (TPSA) is 61.4 Å². The second kappa shape index (κ2) is 7.79. The van der Waals surface area contributed by atoms with E-state index in [9.17, 15) is 14.0 Å². The second-order valence-electron chi connectivity index (χ2n) is 5.95. The minimum Gasteiger partial charge on any atom is -0.371 e. The first-order valence-electron chi connectivity index (χ1n) is 8.36. The standard InChI is InChI=1S/C19H20FN3O2/c20-15-9-3-4-10-16(15)21-19(25)22-18(24)14-8-2-5-11-17(14)23-12-6-1-7-13-23/h2-5,8-11H,1,6-7,12-13H2,(H2,21,22,24,25). The Balaban J connectivity index is 1.71. The SMILES string of the molecule is O=C(NC(=O)c1ccccc1N1CCCCC1)Nc1ccccc1F. The van der Waals surface area contributed by atoms with Gasteiger partial charge in [0.15, 0.2) is 0 Å². The summed E-state index contributed by atoms with van der Waals surface area (Å²) in [7, 11) is 0. The average Bonchev–Trinajstić information content (AvgIpc) is 2.64. The first-order chi connectivity index (χ1) is 12.1. The Hall–Kier alpha value is -2.89. The predicted molar refractivity (Wildman–Crippen MR) is 95.4 cm³/mol. The van der Waals surface area contributed by atoms with Crippen LogP contribution in [-0.2, 0) is 0 Å². The lowest BCUT2D eigenvalue weighted by Gasteiger charge is -2.30. The van der Waals surface area contributed by atoms with Crippen molar-refractivity contribution in [1.82, 2.24) is 5.32 Å². The fraction of sp³-hybridized carbons (Fsp3) is 0.263. The van der Waals surface area contributed by atoms with E-state index in [0.29, 0.717) is 5.56 Å². The van der Waals surface area contributed by atoms with Crippen molar-refractivity contribution in [2.24, 2.45) is 0 Å². The normalized spacial score (nSPS) is 14.0. The maximum Gasteiger partial charge on any atom is 0.326 e. The molecule has 0 saturated carbocycles. The third kappa shape index (κ3) is 4.15. The Labute approximate surface area is 145 Å². The first-order valence-corrected chi connectivity index (χ1v) is 8.36. The molecule has 1 aliphatic rings. The number of urea groups is 1. The molecule has 3 amide bonds. The quantitative estimate of drug-likeness (QED) is 0.893. The zero-order valence-corrected chi connectivity index (χ0v) is 13.8. The third-order valence-electron chi connectivity index (χ3n) is 4.19. The minimum absolute atomic E-state index is 0.0251. The molecule has 2 aromatic rings. The maximum absolute atomic E-state index is 13.6. The number of benzene rings is 2. The number of nitrogens with one attached hydrogen (secondary N) is 2. The largest absolute Gasteiger partial charge is 0.371 e. The summed E-state index contributed by atoms with van der Waals surface area (Å²) in [4.78, 5) is 26.7. The van der Waals surface area contributed by atoms with Gasteiger partial charge in [0.1, 0.15) is 5.82 Å². The molecule has 1 fully saturated rings. The van der Waals surface area contributed by atoms with Gasteiger partial charge in [-0.2, -0.15) is 0 Å². The number of carbonyl (C=O) groups is 2. The van der Waals surface area contributed by atoms with Crippen molar-refractivity contribution in [3.63, 3.8) is 0 Å². The molecule has 0 aliphatic carbocycles. The number of anilines is 2. The molecular weight excluding hydrogens is 321 g/mol. The monoisotopic (exact) mass is 341 g/mol. The van der Waals surface area contributed by atoms with Gasteiger partial charge in [-0.25, -0.2) is 9.18 Å². The van der Waals surface area contributed by atoms with Crippen LogP contribution < -0.4 is 15.5 Å². The smallest absolute Gasteiger partial charge is 0.326 e. The lowest BCUT2D eigenvalue weighted by molar-refractivity contribution is 0.0967. The predicted octanol–water partition coefficient (Wildman–Crippen LogP) is 3.78. The fourth-order valence-corrected chi connectivity index (χ4v) is 2.96. The summed E-state index contributed by atoms with van der Waals surface area (Å²) < 4.78 is 13.6. The van der Waals surface area contributed by atoms with E-state index in [-0.39, 0.29) is 5.69 Å². The zero-order chi connectivity index (χ0) is 17.6. The highest BCUT2D eigenvalue weighted by Gasteiger charge is 2.19. The van der Waals surface area contributed by atoms with Crippen LogP contribution in [0, 0.1) is 5.82 Å². The third-order valence-corrected chi connectivity index (χ3v) is 4.19. The maximum atomic E-state index is 13.6. The summed E-state index contributed by atoms with van der Waals surface area (Å²) in [5.74, 6) is -1.06. The van der Waals surface area contributed by atoms with Crippen LogP contribution in [0.1, 0.15) is 29.6 Å². The van der Waals surface area contributed by atoms with Crippen LogP contribution in [0.25, 0.3) is 0 Å². The highest BCUT2D eigenvalue weighted by molar-refractivity contribution is 6.10. The van der Waals surface area contributed by atoms with Gasteiger partial charge in [-0.15, -0.1) is 0 Å². The number of para-hydroxylation sites is 2. The van der Waals surface area contributed by atoms with Gasteiger partial charge in [-0.1, -0.05) is 24.3 Å². The molecule has 0 radical (unpaired) electrons. The number of halogens is 1. The van der Waals surface area contributed by atoms with Gasteiger partial charge in [0.25, 0.3) is 5.91 Å². The summed E-state index contributed by atoms with van der Waals surface area (Å²) in [5, 5.41) is 4.62. The highest BCUT2D eigenvalue weighted by atomic mass is 19.1. The summed E-state index contributed by atoms with van der Waals surface area (Å²) in [6.45, 7) is 1.79. The number of imide groups is 1. The number of rotatable bonds is 3. The number of hydrogen-bond acceptors (Lipinski definition) is 3. The van der Waals surface area contributed by atoms with Crippen molar-refractivity contribution in [3.05, 3.63) is 59.9 Å². The molecule has 2 aromatic carbocycles. The van der Waals surface area contributed by atoms with Crippen LogP contribution in [-0.4, -0.2) is 25.0 Å². The molecule has 5 nitrogen and oxygen atoms in total. The van der Waals surface area contributed by atoms with Gasteiger partial charge < -0.3 is 10.2 Å². The van der Waals surface area contributed by atoms with Crippen molar-refractivity contribution in [2.45, 2.75) is 19.3 Å². The molecule has 0 bridgehead atoms. The Morgan fingerprint density at radius 2 is 1.60 bits per heavy atom. The van der Waals surface area contributed by atoms with E-state index in [1.54, 1.807) is 18.2 Å². The summed E-state index contributed by atoms with van der Waals surface area (Å²) >= 11 is 0. The van der Waals surface area contributed by atoms with E-state index >= 15 is 0 Å². The molecule has 1 heterocycles. The van der Waals surface area contributed by atoms with E-state index in [1.165, 1.54) is 24.6 Å². The summed E-state index contributed by atoms with van der Waals surface area (Å²) in [6, 6.07) is 12.2. The van der Waals surface area contributed by atoms with Gasteiger partial charge in [-0.05, 0) is 43.5 Å². The second-order valence-corrected chi connectivity index (χ2v) is 5.95. The summed E-state index contributed by atoms with van der Waals surface area (Å²) in [6.07, 6.45) is 3.36. The number of piperidine rings is 1. The van der Waals surface area contributed by atoms with Gasteiger partial charge in [0.2, 0.25) is 0 Å². The lowest BCUT2D eigenvalue weighted by atomic mass is 10.1. The lowest BCUT2D eigenvalue weighted by Crippen LogP contribution is -2.37. The Bertz CT molecular complexity index is 773. The Morgan fingerprint density at radius 3 is 2.36 bits per heavy atom. The number of carbonyl (C=O) groups excluding carboxylic acids is 2. The minimum atomic E-state index is -0.761. The van der Waals surface area contributed by atoms with Gasteiger partial charge >= 0.3 is 6.03 Å². The van der Waals surface area contributed by atoms with Crippen LogP contribution in [0.2, 0.25) is 0 Å². The molecule has 130 valence electrons. The van der Waals surface area contributed by atoms with Gasteiger partial charge in [-0.3, -0.25) is 10.1 Å². The first kappa shape index (κ1) is 17.0. The molecule has 1 aliphatic heterocycles. The summed E-state index contributed by atoms with van der Waals surface area (Å²) in [5.41, 5.74) is 1.28. The van der Waals surface area contributed by atoms with E-state index in [2.05, 4.69) is 15.5 Å². The Morgan fingerprint density at radius 1 is 0.920 bits per heavy atom. The van der Waals surface area contributed by atoms with Crippen LogP contribution in [0.15, 0.2) is 48.5 Å². The van der Waals surface area contributed by atoms with Crippen molar-refractivity contribution in [1.29, 1.82) is 0 Å². The van der Waals surface area contributed by atoms with Crippen molar-refractivity contribution >= 4 is 23.3 Å².